The van der Waals surface area contributed by atoms with Gasteiger partial charge in [0.05, 0.1) is 12.3 Å². The molecule has 1 aliphatic rings. The average Bonchev–Trinajstić information content (AvgIpc) is 2.74. The molecular weight excluding hydrogens is 271 g/mol. The van der Waals surface area contributed by atoms with Crippen LogP contribution in [0.25, 0.3) is 0 Å². The Morgan fingerprint density at radius 1 is 1.17 bits per heavy atom. The third-order valence-electron chi connectivity index (χ3n) is 2.96. The number of fused-ring (bicyclic) bond motifs is 1. The first-order valence-corrected chi connectivity index (χ1v) is 6.37. The third-order valence-corrected chi connectivity index (χ3v) is 3.44. The molecule has 3 rings (SSSR count). The predicted molar refractivity (Wildman–Crippen MR) is 69.7 cm³/mol. The number of hydrogen-bond donors (Lipinski definition) is 0. The van der Waals surface area contributed by atoms with Crippen LogP contribution in [0.1, 0.15) is 22.9 Å². The Hall–Kier alpha value is -1.16. The van der Waals surface area contributed by atoms with Crippen molar-refractivity contribution >= 4 is 23.2 Å². The molecule has 2 heterocycles. The highest BCUT2D eigenvalue weighted by Crippen LogP contribution is 2.35. The maximum absolute atomic E-state index is 6.03. The van der Waals surface area contributed by atoms with Crippen molar-refractivity contribution in [2.45, 2.75) is 19.1 Å². The zero-order valence-electron chi connectivity index (χ0n) is 9.44. The van der Waals surface area contributed by atoms with Crippen LogP contribution in [0.3, 0.4) is 0 Å². The van der Waals surface area contributed by atoms with Crippen LogP contribution in [0.15, 0.2) is 30.3 Å². The van der Waals surface area contributed by atoms with Crippen molar-refractivity contribution in [3.63, 3.8) is 0 Å². The van der Waals surface area contributed by atoms with Crippen molar-refractivity contribution in [1.82, 2.24) is 9.97 Å². The molecule has 0 aliphatic carbocycles. The molecule has 1 atom stereocenters. The first-order chi connectivity index (χ1) is 8.74. The van der Waals surface area contributed by atoms with Gasteiger partial charge in [-0.1, -0.05) is 41.9 Å². The molecule has 1 aromatic heterocycles. The van der Waals surface area contributed by atoms with Gasteiger partial charge in [0, 0.05) is 12.0 Å². The van der Waals surface area contributed by atoms with E-state index in [2.05, 4.69) is 22.1 Å². The summed E-state index contributed by atoms with van der Waals surface area (Å²) in [5, 5.41) is 0.558. The van der Waals surface area contributed by atoms with Gasteiger partial charge in [-0.3, -0.25) is 0 Å². The van der Waals surface area contributed by atoms with E-state index in [1.807, 2.05) is 18.2 Å². The van der Waals surface area contributed by atoms with E-state index in [1.165, 1.54) is 5.56 Å². The second-order valence-corrected chi connectivity index (χ2v) is 4.83. The fraction of sp³-hybridized carbons (Fsp3) is 0.231. The smallest absolute Gasteiger partial charge is 0.224 e. The number of nitrogens with zero attached hydrogens (tertiary/aromatic N) is 2. The fourth-order valence-corrected chi connectivity index (χ4v) is 2.54. The van der Waals surface area contributed by atoms with Crippen LogP contribution < -0.4 is 0 Å². The maximum atomic E-state index is 6.03. The lowest BCUT2D eigenvalue weighted by Gasteiger charge is -2.10. The SMILES string of the molecule is Clc1nc(Cl)c2c(n1)[C@H](Cc1ccccc1)OC2. The molecule has 0 unspecified atom stereocenters. The monoisotopic (exact) mass is 280 g/mol. The molecule has 2 aromatic rings. The van der Waals surface area contributed by atoms with Crippen molar-refractivity contribution in [3.8, 4) is 0 Å². The molecular formula is C13H10Cl2N2O. The van der Waals surface area contributed by atoms with Gasteiger partial charge in [0.2, 0.25) is 5.28 Å². The van der Waals surface area contributed by atoms with E-state index < -0.39 is 0 Å². The summed E-state index contributed by atoms with van der Waals surface area (Å²) >= 11 is 11.9. The first-order valence-electron chi connectivity index (χ1n) is 5.61. The van der Waals surface area contributed by atoms with Crippen molar-refractivity contribution in [2.75, 3.05) is 0 Å². The molecule has 0 fully saturated rings. The van der Waals surface area contributed by atoms with E-state index in [0.29, 0.717) is 11.8 Å². The number of ether oxygens (including phenoxy) is 1. The Morgan fingerprint density at radius 3 is 2.72 bits per heavy atom. The van der Waals surface area contributed by atoms with Crippen molar-refractivity contribution in [1.29, 1.82) is 0 Å². The first kappa shape index (κ1) is 11.9. The Labute approximate surface area is 115 Å². The summed E-state index contributed by atoms with van der Waals surface area (Å²) in [4.78, 5) is 8.16. The van der Waals surface area contributed by atoms with Crippen LogP contribution in [0.2, 0.25) is 10.4 Å². The molecule has 0 saturated carbocycles. The summed E-state index contributed by atoms with van der Waals surface area (Å²) in [7, 11) is 0. The summed E-state index contributed by atoms with van der Waals surface area (Å²) < 4.78 is 5.72. The minimum Gasteiger partial charge on any atom is -0.367 e. The molecule has 3 nitrogen and oxygen atoms in total. The number of benzene rings is 1. The molecule has 18 heavy (non-hydrogen) atoms. The minimum atomic E-state index is -0.0969. The van der Waals surface area contributed by atoms with Crippen LogP contribution in [0, 0.1) is 0 Å². The average molecular weight is 281 g/mol. The van der Waals surface area contributed by atoms with E-state index in [9.17, 15) is 0 Å². The van der Waals surface area contributed by atoms with Crippen LogP contribution in [-0.2, 0) is 17.8 Å². The standard InChI is InChI=1S/C13H10Cl2N2O/c14-12-9-7-18-10(11(9)16-13(15)17-12)6-8-4-2-1-3-5-8/h1-5,10H,6-7H2/t10-/m0/s1. The molecule has 0 saturated heterocycles. The Kier molecular flexibility index (Phi) is 3.20. The van der Waals surface area contributed by atoms with Gasteiger partial charge < -0.3 is 4.74 Å². The Morgan fingerprint density at radius 2 is 1.94 bits per heavy atom. The van der Waals surface area contributed by atoms with Crippen molar-refractivity contribution < 1.29 is 4.74 Å². The van der Waals surface area contributed by atoms with Crippen LogP contribution in [0.4, 0.5) is 0 Å². The molecule has 0 amide bonds. The van der Waals surface area contributed by atoms with Gasteiger partial charge in [-0.2, -0.15) is 0 Å². The highest BCUT2D eigenvalue weighted by Gasteiger charge is 2.28. The van der Waals surface area contributed by atoms with Crippen molar-refractivity contribution in [2.24, 2.45) is 0 Å². The van der Waals surface area contributed by atoms with Crippen LogP contribution in [0.5, 0.6) is 0 Å². The summed E-state index contributed by atoms with van der Waals surface area (Å²) in [5.74, 6) is 0. The van der Waals surface area contributed by atoms with Gasteiger partial charge in [-0.25, -0.2) is 9.97 Å². The second kappa shape index (κ2) is 4.84. The van der Waals surface area contributed by atoms with Gasteiger partial charge in [-0.05, 0) is 17.2 Å². The van der Waals surface area contributed by atoms with Gasteiger partial charge in [0.15, 0.2) is 0 Å². The normalized spacial score (nSPS) is 17.8. The Bertz CT molecular complexity index is 575. The molecule has 0 radical (unpaired) electrons. The van der Waals surface area contributed by atoms with Gasteiger partial charge in [0.25, 0.3) is 0 Å². The summed E-state index contributed by atoms with van der Waals surface area (Å²) in [5.41, 5.74) is 2.85. The lowest BCUT2D eigenvalue weighted by atomic mass is 10.0. The van der Waals surface area contributed by atoms with Gasteiger partial charge in [-0.15, -0.1) is 0 Å². The number of rotatable bonds is 2. The maximum Gasteiger partial charge on any atom is 0.224 e. The second-order valence-electron chi connectivity index (χ2n) is 4.14. The zero-order chi connectivity index (χ0) is 12.5. The summed E-state index contributed by atoms with van der Waals surface area (Å²) in [6, 6.07) is 10.1. The summed E-state index contributed by atoms with van der Waals surface area (Å²) in [6.07, 6.45) is 0.665. The topological polar surface area (TPSA) is 35.0 Å². The highest BCUT2D eigenvalue weighted by atomic mass is 35.5. The fourth-order valence-electron chi connectivity index (χ4n) is 2.09. The number of aromatic nitrogens is 2. The van der Waals surface area contributed by atoms with Gasteiger partial charge >= 0.3 is 0 Å². The van der Waals surface area contributed by atoms with Crippen molar-refractivity contribution in [3.05, 3.63) is 57.6 Å². The molecule has 0 N–H and O–H groups in total. The van der Waals surface area contributed by atoms with E-state index in [0.717, 1.165) is 17.7 Å². The lowest BCUT2D eigenvalue weighted by Crippen LogP contribution is -2.03. The Balaban J connectivity index is 1.91. The van der Waals surface area contributed by atoms with E-state index >= 15 is 0 Å². The molecule has 1 aliphatic heterocycles. The molecule has 0 spiro atoms. The summed E-state index contributed by atoms with van der Waals surface area (Å²) in [6.45, 7) is 0.447. The number of halogens is 2. The number of hydrogen-bond acceptors (Lipinski definition) is 3. The van der Waals surface area contributed by atoms with Crippen LogP contribution >= 0.6 is 23.2 Å². The predicted octanol–water partition coefficient (Wildman–Crippen LogP) is 3.60. The van der Waals surface area contributed by atoms with E-state index in [4.69, 9.17) is 27.9 Å². The minimum absolute atomic E-state index is 0.0969. The zero-order valence-corrected chi connectivity index (χ0v) is 10.9. The highest BCUT2D eigenvalue weighted by molar-refractivity contribution is 6.32. The third kappa shape index (κ3) is 2.21. The molecule has 92 valence electrons. The molecule has 5 heteroatoms. The quantitative estimate of drug-likeness (QED) is 0.623. The van der Waals surface area contributed by atoms with Gasteiger partial charge in [0.1, 0.15) is 11.3 Å². The molecule has 1 aromatic carbocycles. The van der Waals surface area contributed by atoms with E-state index in [1.54, 1.807) is 0 Å². The molecule has 0 bridgehead atoms. The van der Waals surface area contributed by atoms with Crippen LogP contribution in [-0.4, -0.2) is 9.97 Å². The lowest BCUT2D eigenvalue weighted by molar-refractivity contribution is 0.0648. The largest absolute Gasteiger partial charge is 0.367 e. The van der Waals surface area contributed by atoms with E-state index in [-0.39, 0.29) is 11.4 Å².